The summed E-state index contributed by atoms with van der Waals surface area (Å²) in [6, 6.07) is 1.02. The lowest BCUT2D eigenvalue weighted by Gasteiger charge is -2.43. The highest BCUT2D eigenvalue weighted by molar-refractivity contribution is 4.90. The third-order valence-corrected chi connectivity index (χ3v) is 3.70. The van der Waals surface area contributed by atoms with Crippen LogP contribution >= 0.6 is 0 Å². The molecule has 0 spiro atoms. The van der Waals surface area contributed by atoms with E-state index in [0.717, 1.165) is 19.1 Å². The normalized spacial score (nSPS) is 26.1. The molecule has 15 heavy (non-hydrogen) atoms. The number of rotatable bonds is 2. The van der Waals surface area contributed by atoms with Gasteiger partial charge in [0.05, 0.1) is 6.04 Å². The monoisotopic (exact) mass is 208 g/mol. The maximum Gasteiger partial charge on any atom is 0.0628 e. The highest BCUT2D eigenvalue weighted by Crippen LogP contribution is 2.25. The van der Waals surface area contributed by atoms with E-state index < -0.39 is 0 Å². The first kappa shape index (κ1) is 10.8. The van der Waals surface area contributed by atoms with E-state index in [2.05, 4.69) is 14.9 Å². The number of azide groups is 1. The summed E-state index contributed by atoms with van der Waals surface area (Å²) in [5, 5.41) is 3.76. The third kappa shape index (κ3) is 2.86. The second kappa shape index (κ2) is 5.38. The molecule has 1 saturated heterocycles. The predicted octanol–water partition coefficient (Wildman–Crippen LogP) is 3.09. The van der Waals surface area contributed by atoms with Gasteiger partial charge >= 0.3 is 0 Å². The van der Waals surface area contributed by atoms with E-state index in [9.17, 15) is 0 Å². The van der Waals surface area contributed by atoms with Crippen molar-refractivity contribution in [2.24, 2.45) is 5.11 Å². The van der Waals surface area contributed by atoms with Crippen molar-refractivity contribution in [3.05, 3.63) is 10.4 Å². The fraction of sp³-hybridized carbons (Fsp3) is 1.00. The zero-order chi connectivity index (χ0) is 10.5. The van der Waals surface area contributed by atoms with Gasteiger partial charge in [0.25, 0.3) is 0 Å². The van der Waals surface area contributed by atoms with Crippen LogP contribution in [0.5, 0.6) is 0 Å². The van der Waals surface area contributed by atoms with E-state index >= 15 is 0 Å². The van der Waals surface area contributed by atoms with Crippen molar-refractivity contribution in [3.63, 3.8) is 0 Å². The Kier molecular flexibility index (Phi) is 3.87. The van der Waals surface area contributed by atoms with E-state index in [1.165, 1.54) is 44.9 Å². The van der Waals surface area contributed by atoms with E-state index in [-0.39, 0.29) is 6.04 Å². The van der Waals surface area contributed by atoms with Gasteiger partial charge in [-0.05, 0) is 18.4 Å². The lowest BCUT2D eigenvalue weighted by molar-refractivity contribution is 0.0778. The molecular formula is C11H20N4. The molecule has 2 rings (SSSR count). The molecular weight excluding hydrogens is 188 g/mol. The molecule has 0 bridgehead atoms. The smallest absolute Gasteiger partial charge is 0.0628 e. The van der Waals surface area contributed by atoms with E-state index in [1.807, 2.05) is 0 Å². The van der Waals surface area contributed by atoms with Crippen LogP contribution < -0.4 is 0 Å². The number of likely N-dealkylation sites (tertiary alicyclic amines) is 1. The van der Waals surface area contributed by atoms with Crippen molar-refractivity contribution in [2.75, 3.05) is 13.1 Å². The maximum atomic E-state index is 8.32. The molecule has 0 unspecified atom stereocenters. The minimum atomic E-state index is 0.250. The highest BCUT2D eigenvalue weighted by atomic mass is 15.3. The van der Waals surface area contributed by atoms with Gasteiger partial charge in [0.2, 0.25) is 0 Å². The zero-order valence-electron chi connectivity index (χ0n) is 9.31. The molecule has 1 heterocycles. The van der Waals surface area contributed by atoms with Crippen molar-refractivity contribution in [3.8, 4) is 0 Å². The van der Waals surface area contributed by atoms with Gasteiger partial charge in [-0.2, -0.15) is 0 Å². The lowest BCUT2D eigenvalue weighted by atomic mass is 9.93. The van der Waals surface area contributed by atoms with Gasteiger partial charge < -0.3 is 0 Å². The minimum absolute atomic E-state index is 0.250. The molecule has 4 heteroatoms. The molecule has 4 nitrogen and oxygen atoms in total. The first-order chi connectivity index (χ1) is 7.40. The fourth-order valence-electron chi connectivity index (χ4n) is 2.73. The summed E-state index contributed by atoms with van der Waals surface area (Å²) < 4.78 is 0. The second-order valence-corrected chi connectivity index (χ2v) is 4.81. The van der Waals surface area contributed by atoms with Crippen molar-refractivity contribution in [1.82, 2.24) is 4.90 Å². The molecule has 0 aromatic carbocycles. The summed E-state index contributed by atoms with van der Waals surface area (Å²) in [7, 11) is 0. The quantitative estimate of drug-likeness (QED) is 0.391. The molecule has 0 atom stereocenters. The van der Waals surface area contributed by atoms with Crippen molar-refractivity contribution in [2.45, 2.75) is 57.0 Å². The van der Waals surface area contributed by atoms with Crippen LogP contribution in [0.15, 0.2) is 5.11 Å². The first-order valence-corrected chi connectivity index (χ1v) is 6.18. The molecule has 1 aliphatic carbocycles. The van der Waals surface area contributed by atoms with E-state index in [1.54, 1.807) is 0 Å². The van der Waals surface area contributed by atoms with Crippen molar-refractivity contribution in [1.29, 1.82) is 0 Å². The standard InChI is InChI=1S/C11H20N4/c12-14-13-10-8-15(9-10)11-6-4-2-1-3-5-7-11/h10-11H,1-9H2. The third-order valence-electron chi connectivity index (χ3n) is 3.70. The average Bonchev–Trinajstić information content (AvgIpc) is 2.12. The predicted molar refractivity (Wildman–Crippen MR) is 60.6 cm³/mol. The van der Waals surface area contributed by atoms with Crippen LogP contribution in [0.4, 0.5) is 0 Å². The molecule has 2 aliphatic rings. The summed E-state index contributed by atoms with van der Waals surface area (Å²) in [6.45, 7) is 1.99. The van der Waals surface area contributed by atoms with E-state index in [0.29, 0.717) is 0 Å². The van der Waals surface area contributed by atoms with Gasteiger partial charge in [-0.3, -0.25) is 4.90 Å². The molecule has 0 aromatic rings. The second-order valence-electron chi connectivity index (χ2n) is 4.81. The molecule has 1 aliphatic heterocycles. The molecule has 84 valence electrons. The topological polar surface area (TPSA) is 52.0 Å². The Bertz CT molecular complexity index is 233. The van der Waals surface area contributed by atoms with Crippen LogP contribution in [0.25, 0.3) is 10.4 Å². The molecule has 0 N–H and O–H groups in total. The van der Waals surface area contributed by atoms with Gasteiger partial charge in [-0.1, -0.05) is 37.2 Å². The summed E-state index contributed by atoms with van der Waals surface area (Å²) in [5.41, 5.74) is 8.32. The van der Waals surface area contributed by atoms with Gasteiger partial charge in [0, 0.05) is 24.0 Å². The number of hydrogen-bond donors (Lipinski definition) is 0. The molecule has 0 amide bonds. The van der Waals surface area contributed by atoms with Gasteiger partial charge in [0.15, 0.2) is 0 Å². The van der Waals surface area contributed by atoms with Gasteiger partial charge in [-0.25, -0.2) is 0 Å². The number of hydrogen-bond acceptors (Lipinski definition) is 2. The van der Waals surface area contributed by atoms with Gasteiger partial charge in [-0.15, -0.1) is 0 Å². The van der Waals surface area contributed by atoms with E-state index in [4.69, 9.17) is 5.53 Å². The lowest BCUT2D eigenvalue weighted by Crippen LogP contribution is -2.54. The van der Waals surface area contributed by atoms with Crippen LogP contribution in [0.2, 0.25) is 0 Å². The average molecular weight is 208 g/mol. The first-order valence-electron chi connectivity index (χ1n) is 6.18. The minimum Gasteiger partial charge on any atom is -0.299 e. The molecule has 1 saturated carbocycles. The van der Waals surface area contributed by atoms with Gasteiger partial charge in [0.1, 0.15) is 0 Å². The van der Waals surface area contributed by atoms with Crippen LogP contribution in [0, 0.1) is 0 Å². The van der Waals surface area contributed by atoms with Crippen LogP contribution in [-0.4, -0.2) is 30.1 Å². The molecule has 0 radical (unpaired) electrons. The van der Waals surface area contributed by atoms with Crippen molar-refractivity contribution < 1.29 is 0 Å². The van der Waals surface area contributed by atoms with Crippen LogP contribution in [0.1, 0.15) is 44.9 Å². The summed E-state index contributed by atoms with van der Waals surface area (Å²) in [6.07, 6.45) is 9.70. The Labute approximate surface area is 91.3 Å². The Morgan fingerprint density at radius 2 is 1.60 bits per heavy atom. The van der Waals surface area contributed by atoms with Crippen LogP contribution in [-0.2, 0) is 0 Å². The summed E-state index contributed by atoms with van der Waals surface area (Å²) >= 11 is 0. The number of nitrogens with zero attached hydrogens (tertiary/aromatic N) is 4. The SMILES string of the molecule is [N-]=[N+]=NC1CN(C2CCCCCCC2)C1. The largest absolute Gasteiger partial charge is 0.299 e. The molecule has 0 aromatic heterocycles. The van der Waals surface area contributed by atoms with Crippen molar-refractivity contribution >= 4 is 0 Å². The Morgan fingerprint density at radius 3 is 2.20 bits per heavy atom. The fourth-order valence-corrected chi connectivity index (χ4v) is 2.73. The molecule has 2 fully saturated rings. The summed E-state index contributed by atoms with van der Waals surface area (Å²) in [4.78, 5) is 5.37. The Balaban J connectivity index is 1.75. The van der Waals surface area contributed by atoms with Crippen LogP contribution in [0.3, 0.4) is 0 Å². The zero-order valence-corrected chi connectivity index (χ0v) is 9.31. The highest BCUT2D eigenvalue weighted by Gasteiger charge is 2.31. The summed E-state index contributed by atoms with van der Waals surface area (Å²) in [5.74, 6) is 0. The Hall–Kier alpha value is -0.730. The Morgan fingerprint density at radius 1 is 1.00 bits per heavy atom. The maximum absolute atomic E-state index is 8.32.